The topological polar surface area (TPSA) is 26.0 Å². The standard InChI is InChI=1S/C13H9Br2FIN/c14-7-4-5-11(17)9(6-7)13(18)8-2-1-3-10(15)12(8)16/h1-6,13H,18H2. The minimum absolute atomic E-state index is 0.305. The Balaban J connectivity index is 2.51. The highest BCUT2D eigenvalue weighted by Gasteiger charge is 2.17. The fraction of sp³-hybridized carbons (Fsp3) is 0.0769. The smallest absolute Gasteiger partial charge is 0.142 e. The van der Waals surface area contributed by atoms with Crippen LogP contribution in [0.5, 0.6) is 0 Å². The molecule has 0 spiro atoms. The summed E-state index contributed by atoms with van der Waals surface area (Å²) >= 11 is 8.79. The van der Waals surface area contributed by atoms with Gasteiger partial charge in [-0.25, -0.2) is 4.39 Å². The largest absolute Gasteiger partial charge is 0.320 e. The van der Waals surface area contributed by atoms with Crippen LogP contribution >= 0.6 is 54.5 Å². The summed E-state index contributed by atoms with van der Waals surface area (Å²) in [6.45, 7) is 0. The zero-order chi connectivity index (χ0) is 13.3. The van der Waals surface area contributed by atoms with Gasteiger partial charge >= 0.3 is 0 Å². The predicted octanol–water partition coefficient (Wildman–Crippen LogP) is 5.00. The van der Waals surface area contributed by atoms with Crippen molar-refractivity contribution in [1.82, 2.24) is 0 Å². The summed E-state index contributed by atoms with van der Waals surface area (Å²) in [5, 5.41) is 0. The maximum atomic E-state index is 14.0. The lowest BCUT2D eigenvalue weighted by molar-refractivity contribution is 0.593. The summed E-state index contributed by atoms with van der Waals surface area (Å²) in [6, 6.07) is 10.5. The van der Waals surface area contributed by atoms with Crippen LogP contribution in [-0.4, -0.2) is 0 Å². The highest BCUT2D eigenvalue weighted by molar-refractivity contribution is 14.1. The normalized spacial score (nSPS) is 12.5. The number of benzene rings is 2. The molecule has 0 saturated heterocycles. The minimum atomic E-state index is -0.480. The van der Waals surface area contributed by atoms with E-state index in [1.807, 2.05) is 18.2 Å². The Kier molecular flexibility index (Phi) is 4.80. The molecule has 2 rings (SSSR count). The van der Waals surface area contributed by atoms with Crippen molar-refractivity contribution in [3.05, 3.63) is 65.9 Å². The van der Waals surface area contributed by atoms with Crippen LogP contribution in [0.1, 0.15) is 17.2 Å². The fourth-order valence-electron chi connectivity index (χ4n) is 1.68. The summed E-state index contributed by atoms with van der Waals surface area (Å²) in [5.74, 6) is -0.305. The Morgan fingerprint density at radius 2 is 1.83 bits per heavy atom. The van der Waals surface area contributed by atoms with E-state index in [4.69, 9.17) is 5.73 Å². The Morgan fingerprint density at radius 3 is 2.56 bits per heavy atom. The molecule has 2 N–H and O–H groups in total. The number of nitrogens with two attached hydrogens (primary N) is 1. The molecular weight excluding hydrogens is 476 g/mol. The molecule has 2 aromatic rings. The molecule has 0 saturated carbocycles. The summed E-state index contributed by atoms with van der Waals surface area (Å²) < 4.78 is 16.4. The molecule has 2 aromatic carbocycles. The average Bonchev–Trinajstić information content (AvgIpc) is 2.35. The van der Waals surface area contributed by atoms with Crippen LogP contribution in [0.3, 0.4) is 0 Å². The molecule has 5 heteroatoms. The quantitative estimate of drug-likeness (QED) is 0.596. The first kappa shape index (κ1) is 14.4. The number of rotatable bonds is 2. The van der Waals surface area contributed by atoms with Gasteiger partial charge in [-0.05, 0) is 68.3 Å². The maximum absolute atomic E-state index is 14.0. The van der Waals surface area contributed by atoms with Gasteiger partial charge in [-0.1, -0.05) is 28.1 Å². The minimum Gasteiger partial charge on any atom is -0.320 e. The monoisotopic (exact) mass is 483 g/mol. The van der Waals surface area contributed by atoms with E-state index in [-0.39, 0.29) is 5.82 Å². The second kappa shape index (κ2) is 5.98. The third-order valence-corrected chi connectivity index (χ3v) is 4.70. The van der Waals surface area contributed by atoms with Crippen LogP contribution in [0, 0.1) is 9.39 Å². The van der Waals surface area contributed by atoms with E-state index < -0.39 is 6.04 Å². The van der Waals surface area contributed by atoms with Crippen molar-refractivity contribution in [3.8, 4) is 0 Å². The van der Waals surface area contributed by atoms with E-state index in [1.54, 1.807) is 18.2 Å². The number of hydrogen-bond donors (Lipinski definition) is 1. The zero-order valence-corrected chi connectivity index (χ0v) is 14.5. The first-order chi connectivity index (χ1) is 8.50. The van der Waals surface area contributed by atoms with Crippen molar-refractivity contribution < 1.29 is 4.39 Å². The van der Waals surface area contributed by atoms with Crippen LogP contribution < -0.4 is 5.73 Å². The van der Waals surface area contributed by atoms with Gasteiger partial charge in [0, 0.05) is 13.6 Å². The van der Waals surface area contributed by atoms with E-state index in [2.05, 4.69) is 54.5 Å². The van der Waals surface area contributed by atoms with Gasteiger partial charge in [-0.3, -0.25) is 0 Å². The number of halogens is 4. The van der Waals surface area contributed by atoms with E-state index >= 15 is 0 Å². The van der Waals surface area contributed by atoms with Crippen molar-refractivity contribution in [1.29, 1.82) is 0 Å². The lowest BCUT2D eigenvalue weighted by atomic mass is 9.99. The third-order valence-electron chi connectivity index (χ3n) is 2.61. The molecule has 1 atom stereocenters. The molecule has 0 aliphatic carbocycles. The molecule has 0 aliphatic heterocycles. The van der Waals surface area contributed by atoms with E-state index in [0.717, 1.165) is 13.6 Å². The molecular formula is C13H9Br2FIN. The van der Waals surface area contributed by atoms with Crippen molar-refractivity contribution in [2.45, 2.75) is 6.04 Å². The molecule has 94 valence electrons. The van der Waals surface area contributed by atoms with Gasteiger partial charge in [-0.15, -0.1) is 0 Å². The Labute approximate surface area is 135 Å². The van der Waals surface area contributed by atoms with Crippen LogP contribution in [0.4, 0.5) is 4.39 Å². The Morgan fingerprint density at radius 1 is 1.11 bits per heavy atom. The molecule has 0 heterocycles. The third kappa shape index (κ3) is 2.95. The molecule has 18 heavy (non-hydrogen) atoms. The van der Waals surface area contributed by atoms with Crippen LogP contribution in [0.15, 0.2) is 45.3 Å². The van der Waals surface area contributed by atoms with Gasteiger partial charge in [0.2, 0.25) is 0 Å². The molecule has 0 bridgehead atoms. The maximum Gasteiger partial charge on any atom is 0.142 e. The van der Waals surface area contributed by atoms with Crippen molar-refractivity contribution in [3.63, 3.8) is 0 Å². The molecule has 1 unspecified atom stereocenters. The molecule has 0 aromatic heterocycles. The van der Waals surface area contributed by atoms with Gasteiger partial charge in [-0.2, -0.15) is 0 Å². The molecule has 0 radical (unpaired) electrons. The number of hydrogen-bond acceptors (Lipinski definition) is 1. The predicted molar refractivity (Wildman–Crippen MR) is 87.0 cm³/mol. The van der Waals surface area contributed by atoms with Gasteiger partial charge < -0.3 is 5.73 Å². The Hall–Kier alpha value is 0.0200. The summed E-state index contributed by atoms with van der Waals surface area (Å²) in [4.78, 5) is 0. The second-order valence-corrected chi connectivity index (χ2v) is 6.72. The summed E-state index contributed by atoms with van der Waals surface area (Å²) in [5.41, 5.74) is 7.56. The van der Waals surface area contributed by atoms with E-state index in [9.17, 15) is 4.39 Å². The highest BCUT2D eigenvalue weighted by Crippen LogP contribution is 2.30. The van der Waals surface area contributed by atoms with Gasteiger partial charge in [0.25, 0.3) is 0 Å². The Bertz CT molecular complexity index is 587. The van der Waals surface area contributed by atoms with Crippen LogP contribution in [0.25, 0.3) is 0 Å². The summed E-state index contributed by atoms with van der Waals surface area (Å²) in [6.07, 6.45) is 0. The molecule has 0 aliphatic rings. The second-order valence-electron chi connectivity index (χ2n) is 3.79. The zero-order valence-electron chi connectivity index (χ0n) is 9.13. The SMILES string of the molecule is NC(c1cc(Br)ccc1I)c1cccc(Br)c1F. The molecule has 0 fully saturated rings. The van der Waals surface area contributed by atoms with Gasteiger partial charge in [0.05, 0.1) is 10.5 Å². The summed E-state index contributed by atoms with van der Waals surface area (Å²) in [7, 11) is 0. The van der Waals surface area contributed by atoms with Crippen molar-refractivity contribution >= 4 is 54.5 Å². The van der Waals surface area contributed by atoms with Crippen molar-refractivity contribution in [2.75, 3.05) is 0 Å². The van der Waals surface area contributed by atoms with Gasteiger partial charge in [0.1, 0.15) is 5.82 Å². The average molecular weight is 485 g/mol. The molecule has 1 nitrogen and oxygen atoms in total. The molecule has 0 amide bonds. The van der Waals surface area contributed by atoms with Crippen molar-refractivity contribution in [2.24, 2.45) is 5.73 Å². The lowest BCUT2D eigenvalue weighted by Gasteiger charge is -2.16. The van der Waals surface area contributed by atoms with Gasteiger partial charge in [0.15, 0.2) is 0 Å². The highest BCUT2D eigenvalue weighted by atomic mass is 127. The van der Waals surface area contributed by atoms with Crippen LogP contribution in [0.2, 0.25) is 0 Å². The first-order valence-corrected chi connectivity index (χ1v) is 7.81. The lowest BCUT2D eigenvalue weighted by Crippen LogP contribution is -2.15. The first-order valence-electron chi connectivity index (χ1n) is 5.15. The van der Waals surface area contributed by atoms with E-state index in [0.29, 0.717) is 10.0 Å². The fourth-order valence-corrected chi connectivity index (χ4v) is 3.11. The van der Waals surface area contributed by atoms with Crippen LogP contribution in [-0.2, 0) is 0 Å². The van der Waals surface area contributed by atoms with E-state index in [1.165, 1.54) is 0 Å².